The third kappa shape index (κ3) is 3.98. The molecule has 11 nitrogen and oxygen atoms in total. The van der Waals surface area contributed by atoms with Crippen molar-refractivity contribution in [1.82, 2.24) is 4.90 Å². The normalized spacial score (nSPS) is 19.8. The Morgan fingerprint density at radius 1 is 1.12 bits per heavy atom. The number of nitrogens with one attached hydrogen (secondary N) is 1. The molecular formula is C21H21N3O8S. The molecule has 2 amide bonds. The summed E-state index contributed by atoms with van der Waals surface area (Å²) >= 11 is 0. The number of carbonyl (C=O) groups excluding carboxylic acids is 3. The molecule has 0 saturated carbocycles. The summed E-state index contributed by atoms with van der Waals surface area (Å²) in [6.07, 6.45) is -0.779. The van der Waals surface area contributed by atoms with Gasteiger partial charge in [0, 0.05) is 17.7 Å². The second-order valence-corrected chi connectivity index (χ2v) is 9.00. The summed E-state index contributed by atoms with van der Waals surface area (Å²) in [4.78, 5) is 39.4. The number of nitrogens with zero attached hydrogens (tertiary/aromatic N) is 1. The summed E-state index contributed by atoms with van der Waals surface area (Å²) in [6, 6.07) is 7.58. The number of primary sulfonamides is 1. The zero-order valence-corrected chi connectivity index (χ0v) is 18.5. The smallest absolute Gasteiger partial charge is 0.344 e. The molecule has 0 aromatic heterocycles. The highest BCUT2D eigenvalue weighted by molar-refractivity contribution is 7.89. The van der Waals surface area contributed by atoms with Crippen LogP contribution in [-0.4, -0.2) is 51.4 Å². The van der Waals surface area contributed by atoms with Crippen molar-refractivity contribution < 1.29 is 37.0 Å². The van der Waals surface area contributed by atoms with Gasteiger partial charge in [-0.3, -0.25) is 14.5 Å². The van der Waals surface area contributed by atoms with E-state index in [1.165, 1.54) is 43.4 Å². The molecule has 0 spiro atoms. The summed E-state index contributed by atoms with van der Waals surface area (Å²) in [6.45, 7) is 0. The number of ether oxygens (including phenoxy) is 3. The van der Waals surface area contributed by atoms with Crippen molar-refractivity contribution in [3.8, 4) is 11.5 Å². The maximum atomic E-state index is 13.0. The van der Waals surface area contributed by atoms with Gasteiger partial charge < -0.3 is 19.5 Å². The first-order valence-corrected chi connectivity index (χ1v) is 11.4. The molecule has 1 fully saturated rings. The summed E-state index contributed by atoms with van der Waals surface area (Å²) in [5, 5.41) is 7.74. The van der Waals surface area contributed by atoms with E-state index in [1.807, 2.05) is 0 Å². The lowest BCUT2D eigenvalue weighted by atomic mass is 10.1. The molecule has 12 heteroatoms. The van der Waals surface area contributed by atoms with E-state index in [0.717, 1.165) is 0 Å². The van der Waals surface area contributed by atoms with Crippen molar-refractivity contribution in [3.63, 3.8) is 0 Å². The molecule has 2 aromatic carbocycles. The molecule has 2 atom stereocenters. The van der Waals surface area contributed by atoms with Crippen LogP contribution >= 0.6 is 0 Å². The van der Waals surface area contributed by atoms with Gasteiger partial charge in [-0.25, -0.2) is 18.4 Å². The maximum Gasteiger partial charge on any atom is 0.344 e. The molecule has 2 aromatic rings. The van der Waals surface area contributed by atoms with E-state index in [9.17, 15) is 22.8 Å². The number of hydrogen-bond acceptors (Lipinski definition) is 8. The van der Waals surface area contributed by atoms with Gasteiger partial charge in [0.05, 0.1) is 19.1 Å². The van der Waals surface area contributed by atoms with E-state index in [2.05, 4.69) is 5.32 Å². The molecule has 2 unspecified atom stereocenters. The fourth-order valence-corrected chi connectivity index (χ4v) is 4.51. The number of anilines is 1. The van der Waals surface area contributed by atoms with Crippen LogP contribution in [-0.2, 0) is 24.3 Å². The summed E-state index contributed by atoms with van der Waals surface area (Å²) < 4.78 is 38.8. The molecule has 33 heavy (non-hydrogen) atoms. The average Bonchev–Trinajstić information content (AvgIpc) is 3.32. The first-order chi connectivity index (χ1) is 15.7. The number of sulfonamides is 1. The summed E-state index contributed by atoms with van der Waals surface area (Å²) in [7, 11) is -1.05. The number of fused-ring (bicyclic) bond motifs is 1. The van der Waals surface area contributed by atoms with Gasteiger partial charge in [-0.2, -0.15) is 0 Å². The zero-order chi connectivity index (χ0) is 23.9. The van der Waals surface area contributed by atoms with E-state index >= 15 is 0 Å². The van der Waals surface area contributed by atoms with E-state index in [0.29, 0.717) is 17.0 Å². The average molecular weight is 475 g/mol. The molecular weight excluding hydrogens is 454 g/mol. The predicted octanol–water partition coefficient (Wildman–Crippen LogP) is 1.15. The first kappa shape index (κ1) is 22.6. The van der Waals surface area contributed by atoms with Gasteiger partial charge in [0.2, 0.25) is 28.1 Å². The molecule has 0 aliphatic carbocycles. The van der Waals surface area contributed by atoms with Gasteiger partial charge in [-0.1, -0.05) is 0 Å². The monoisotopic (exact) mass is 475 g/mol. The van der Waals surface area contributed by atoms with Crippen molar-refractivity contribution in [1.29, 1.82) is 0 Å². The van der Waals surface area contributed by atoms with Crippen LogP contribution in [0.2, 0.25) is 0 Å². The van der Waals surface area contributed by atoms with Gasteiger partial charge in [0.1, 0.15) is 11.6 Å². The Morgan fingerprint density at radius 2 is 1.82 bits per heavy atom. The Kier molecular flexibility index (Phi) is 5.72. The highest BCUT2D eigenvalue weighted by Gasteiger charge is 2.47. The summed E-state index contributed by atoms with van der Waals surface area (Å²) in [5.41, 5.74) is 0.851. The molecule has 1 saturated heterocycles. The van der Waals surface area contributed by atoms with Crippen molar-refractivity contribution in [2.75, 3.05) is 19.5 Å². The molecule has 0 bridgehead atoms. The number of nitrogens with two attached hydrogens (primary N) is 1. The third-order valence-electron chi connectivity index (χ3n) is 5.53. The molecule has 0 radical (unpaired) electrons. The number of cyclic esters (lactones) is 1. The molecule has 3 N–H and O–H groups in total. The fourth-order valence-electron chi connectivity index (χ4n) is 4.00. The Balaban J connectivity index is 1.61. The lowest BCUT2D eigenvalue weighted by Gasteiger charge is -2.29. The van der Waals surface area contributed by atoms with Gasteiger partial charge in [0.15, 0.2) is 11.5 Å². The minimum atomic E-state index is -3.87. The molecule has 4 rings (SSSR count). The van der Waals surface area contributed by atoms with Crippen LogP contribution in [0.25, 0.3) is 0 Å². The standard InChI is InChI=1S/C21H21N3O8S/c1-30-15-9-7-13-17(18(15)31-2)21(27)32-20(13)24-14(8-10-16(24)25)19(26)23-11-3-5-12(6-4-11)33(22,28)29/h3-7,9,14,20H,8,10H2,1-2H3,(H,23,26)(H2,22,28,29). The lowest BCUT2D eigenvalue weighted by molar-refractivity contribution is -0.144. The molecule has 174 valence electrons. The SMILES string of the molecule is COc1ccc2c(c1OC)C(=O)OC2N1C(=O)CCC1C(=O)Nc1ccc(S(N)(=O)=O)cc1. The topological polar surface area (TPSA) is 154 Å². The van der Waals surface area contributed by atoms with Gasteiger partial charge in [-0.15, -0.1) is 0 Å². The number of amides is 2. The number of methoxy groups -OCH3 is 2. The van der Waals surface area contributed by atoms with Crippen molar-refractivity contribution >= 4 is 33.5 Å². The van der Waals surface area contributed by atoms with Crippen molar-refractivity contribution in [3.05, 3.63) is 47.5 Å². The summed E-state index contributed by atoms with van der Waals surface area (Å²) in [5.74, 6) is -1.03. The van der Waals surface area contributed by atoms with Gasteiger partial charge in [0.25, 0.3) is 0 Å². The van der Waals surface area contributed by atoms with Crippen LogP contribution in [0.5, 0.6) is 11.5 Å². The third-order valence-corrected chi connectivity index (χ3v) is 6.46. The number of rotatable bonds is 6. The van der Waals surface area contributed by atoms with E-state index in [1.54, 1.807) is 12.1 Å². The number of esters is 1. The number of benzene rings is 2. The predicted molar refractivity (Wildman–Crippen MR) is 114 cm³/mol. The zero-order valence-electron chi connectivity index (χ0n) is 17.7. The minimum absolute atomic E-state index is 0.0963. The molecule has 2 heterocycles. The van der Waals surface area contributed by atoms with Crippen LogP contribution in [0.3, 0.4) is 0 Å². The van der Waals surface area contributed by atoms with Gasteiger partial charge >= 0.3 is 5.97 Å². The number of likely N-dealkylation sites (tertiary alicyclic amines) is 1. The van der Waals surface area contributed by atoms with Gasteiger partial charge in [-0.05, 0) is 42.8 Å². The molecule has 2 aliphatic heterocycles. The van der Waals surface area contributed by atoms with E-state index in [-0.39, 0.29) is 35.0 Å². The first-order valence-electron chi connectivity index (χ1n) is 9.86. The second kappa shape index (κ2) is 8.37. The molecule has 2 aliphatic rings. The highest BCUT2D eigenvalue weighted by Crippen LogP contribution is 2.45. The number of carbonyl (C=O) groups is 3. The van der Waals surface area contributed by atoms with Crippen LogP contribution in [0.4, 0.5) is 5.69 Å². The minimum Gasteiger partial charge on any atom is -0.493 e. The Labute approximate surface area is 189 Å². The quantitative estimate of drug-likeness (QED) is 0.590. The van der Waals surface area contributed by atoms with Crippen LogP contribution in [0.1, 0.15) is 35.0 Å². The van der Waals surface area contributed by atoms with E-state index in [4.69, 9.17) is 19.3 Å². The second-order valence-electron chi connectivity index (χ2n) is 7.44. The van der Waals surface area contributed by atoms with Crippen LogP contribution in [0.15, 0.2) is 41.3 Å². The lowest BCUT2D eigenvalue weighted by Crippen LogP contribution is -2.43. The van der Waals surface area contributed by atoms with Crippen LogP contribution in [0, 0.1) is 0 Å². The van der Waals surface area contributed by atoms with Crippen LogP contribution < -0.4 is 19.9 Å². The Hall–Kier alpha value is -3.64. The number of hydrogen-bond donors (Lipinski definition) is 2. The fraction of sp³-hybridized carbons (Fsp3) is 0.286. The Morgan fingerprint density at radius 3 is 2.42 bits per heavy atom. The van der Waals surface area contributed by atoms with Crippen molar-refractivity contribution in [2.24, 2.45) is 5.14 Å². The highest BCUT2D eigenvalue weighted by atomic mass is 32.2. The Bertz CT molecular complexity index is 1240. The van der Waals surface area contributed by atoms with E-state index < -0.39 is 34.2 Å². The maximum absolute atomic E-state index is 13.0. The largest absolute Gasteiger partial charge is 0.493 e. The van der Waals surface area contributed by atoms with Crippen molar-refractivity contribution in [2.45, 2.75) is 30.0 Å².